The zero-order chi connectivity index (χ0) is 78.6. The number of thioether (sulfide) groups is 1. The van der Waals surface area contributed by atoms with Gasteiger partial charge in [-0.3, -0.25) is 29.3 Å². The number of hydrogen-bond acceptors (Lipinski definition) is 27. The Morgan fingerprint density at radius 3 is 2.36 bits per heavy atom. The number of carbonyl (C=O) groups is 8. The van der Waals surface area contributed by atoms with Crippen molar-refractivity contribution in [3.8, 4) is 28.3 Å². The molecule has 6 aliphatic heterocycles. The molecule has 588 valence electrons. The van der Waals surface area contributed by atoms with Crippen molar-refractivity contribution in [3.63, 3.8) is 0 Å². The molecule has 6 amide bonds. The number of epoxide rings is 1. The average Bonchev–Trinajstić information content (AvgIpc) is 1.55. The first-order chi connectivity index (χ1) is 51.1. The van der Waals surface area contributed by atoms with Crippen LogP contribution < -0.4 is 30.5 Å². The number of carboxylic acids is 1. The minimum atomic E-state index is -2.87. The quantitative estimate of drug-likeness (QED) is 0.0291. The number of nitrogens with one attached hydrogen (secondary N) is 3. The second-order valence-corrected chi connectivity index (χ2v) is 29.5. The van der Waals surface area contributed by atoms with Crippen molar-refractivity contribution in [1.82, 2.24) is 35.8 Å². The fourth-order valence-electron chi connectivity index (χ4n) is 14.1. The Bertz CT molecular complexity index is 4080. The SMILES string of the molecule is COc1cc2cc(c1Cl)N(C)C(=O)CC(OC(=O)C(C)N(C)C(=O)CCSCC(=O)NCCC(=O)N1Cc3ccccc3-c3c(nnn3CC(O)C(O)C3OC(OCC4OC(O)C(O)C(O)C4O)(C(=O)O)CC(O)C3NC(C)=O)-c3ccccc31)C1(C)OC1C(C)C1CC(O)(NC(=O)O1)C(OC)/C=C/C=C(\C)C2. The lowest BCUT2D eigenvalue weighted by Crippen LogP contribution is -2.68. The van der Waals surface area contributed by atoms with Crippen LogP contribution in [0.15, 0.2) is 84.5 Å². The molecule has 4 aromatic rings. The number of allylic oxidation sites excluding steroid dienone is 3. The predicted octanol–water partition coefficient (Wildman–Crippen LogP) is 0.590. The van der Waals surface area contributed by atoms with E-state index in [1.807, 2.05) is 13.0 Å². The Balaban J connectivity index is 0.755. The van der Waals surface area contributed by atoms with E-state index in [0.717, 1.165) is 29.8 Å². The molecule has 36 heteroatoms. The van der Waals surface area contributed by atoms with Gasteiger partial charge < -0.3 is 109 Å². The van der Waals surface area contributed by atoms with E-state index in [1.165, 1.54) is 54.6 Å². The molecule has 4 fully saturated rings. The summed E-state index contributed by atoms with van der Waals surface area (Å²) in [6, 6.07) is 14.4. The maximum absolute atomic E-state index is 14.5. The Kier molecular flexibility index (Phi) is 26.2. The van der Waals surface area contributed by atoms with Gasteiger partial charge in [0.1, 0.15) is 89.1 Å². The lowest BCUT2D eigenvalue weighted by atomic mass is 9.83. The van der Waals surface area contributed by atoms with Crippen LogP contribution in [0.2, 0.25) is 5.02 Å². The van der Waals surface area contributed by atoms with Crippen molar-refractivity contribution in [3.05, 3.63) is 101 Å². The van der Waals surface area contributed by atoms with Gasteiger partial charge in [0, 0.05) is 83.2 Å². The number of benzene rings is 3. The Morgan fingerprint density at radius 2 is 1.66 bits per heavy atom. The summed E-state index contributed by atoms with van der Waals surface area (Å²) in [5, 5.41) is 115. The van der Waals surface area contributed by atoms with Crippen LogP contribution >= 0.6 is 23.4 Å². The highest BCUT2D eigenvalue weighted by atomic mass is 35.5. The van der Waals surface area contributed by atoms with E-state index in [2.05, 4.69) is 26.3 Å². The smallest absolute Gasteiger partial charge is 0.409 e. The molecule has 34 nitrogen and oxygen atoms in total. The molecule has 6 aliphatic rings. The summed E-state index contributed by atoms with van der Waals surface area (Å²) in [4.78, 5) is 113. The molecule has 19 unspecified atom stereocenters. The molecule has 4 saturated heterocycles. The van der Waals surface area contributed by atoms with Crippen LogP contribution in [0.25, 0.3) is 22.5 Å². The van der Waals surface area contributed by atoms with E-state index in [4.69, 9.17) is 49.5 Å². The Labute approximate surface area is 630 Å². The largest absolute Gasteiger partial charge is 0.495 e. The molecule has 3 aromatic carbocycles. The zero-order valence-electron chi connectivity index (χ0n) is 60.8. The van der Waals surface area contributed by atoms with Gasteiger partial charge in [-0.25, -0.2) is 19.1 Å². The lowest BCUT2D eigenvalue weighted by molar-refractivity contribution is -0.334. The lowest BCUT2D eigenvalue weighted by Gasteiger charge is -2.47. The van der Waals surface area contributed by atoms with E-state index in [9.17, 15) is 84.3 Å². The standard InChI is InChI=1S/C72H92ClN9O25S/c1-35-15-14-20-50(101-9)71(99)30-48(104-69(98)76-71)36(2)65-70(5,107-65)51(28-55(89)80(7)44-26-39(25-35)27-47(100-8)56(44)73)105-66(94)37(3)79(6)53(87)22-24-108-34-52(86)74-23-21-54(88)81-31-40-16-10-11-17-41(40)59-57(42-18-12-13-19-43(42)81)77-78-82(59)32-46(85)60(90)64-58(75-38(4)83)45(84)29-72(106-64,68(96)97)102-33-49-61(91)62(92)63(93)67(95)103-49/h10-20,26-27,36-37,45-46,48-51,58,60-65,67,84-85,90-93,95,99H,21-25,28-34H2,1-9H3,(H,74,86)(H,75,83)(H,76,98)(H,96,97)/b20-14+,35-15+. The molecular formula is C72H92ClN9O25S. The number of hydrogen-bond donors (Lipinski definition) is 12. The van der Waals surface area contributed by atoms with Crippen molar-refractivity contribution in [2.24, 2.45) is 5.92 Å². The number of aromatic nitrogens is 3. The molecule has 10 rings (SSSR count). The number of rotatable bonds is 22. The molecule has 12 N–H and O–H groups in total. The number of amides is 6. The highest BCUT2D eigenvalue weighted by Gasteiger charge is 2.65. The van der Waals surface area contributed by atoms with E-state index >= 15 is 0 Å². The third kappa shape index (κ3) is 17.8. The number of nitrogens with zero attached hydrogens (tertiary/aromatic N) is 6. The second kappa shape index (κ2) is 34.4. The number of para-hydroxylation sites is 1. The molecule has 19 atom stereocenters. The third-order valence-corrected chi connectivity index (χ3v) is 21.8. The number of methoxy groups -OCH3 is 2. The monoisotopic (exact) mass is 1550 g/mol. The zero-order valence-corrected chi connectivity index (χ0v) is 62.3. The van der Waals surface area contributed by atoms with E-state index < -0.39 is 188 Å². The van der Waals surface area contributed by atoms with Gasteiger partial charge in [-0.05, 0) is 56.5 Å². The van der Waals surface area contributed by atoms with Gasteiger partial charge in [0.25, 0.3) is 5.79 Å². The number of ether oxygens (including phenoxy) is 8. The highest BCUT2D eigenvalue weighted by Crippen LogP contribution is 2.50. The molecule has 0 spiro atoms. The number of likely N-dealkylation sites (N-methyl/N-ethyl adjacent to an activating group) is 1. The summed E-state index contributed by atoms with van der Waals surface area (Å²) in [6.45, 7) is 6.21. The van der Waals surface area contributed by atoms with Crippen molar-refractivity contribution in [1.29, 1.82) is 0 Å². The Hall–Kier alpha value is -8.24. The number of esters is 1. The molecule has 1 aromatic heterocycles. The molecule has 7 heterocycles. The fraction of sp³-hybridized carbons (Fsp3) is 0.556. The number of anilines is 2. The number of aliphatic carboxylic acids is 1. The van der Waals surface area contributed by atoms with Crippen LogP contribution in [0.1, 0.15) is 77.8 Å². The minimum absolute atomic E-state index is 0.0275. The minimum Gasteiger partial charge on any atom is -0.495 e. The number of halogens is 1. The third-order valence-electron chi connectivity index (χ3n) is 20.5. The molecule has 4 bridgehead atoms. The maximum Gasteiger partial charge on any atom is 0.409 e. The number of carbonyl (C=O) groups excluding carboxylic acids is 7. The number of carboxylic acid groups (broad SMARTS) is 1. The van der Waals surface area contributed by atoms with Crippen LogP contribution in [0, 0.1) is 5.92 Å². The number of alkyl carbamates (subject to hydrolysis) is 1. The first kappa shape index (κ1) is 82.3. The number of aliphatic hydroxyl groups is 8. The Morgan fingerprint density at radius 1 is 0.944 bits per heavy atom. The molecule has 0 radical (unpaired) electrons. The molecular weight excluding hydrogens is 1460 g/mol. The van der Waals surface area contributed by atoms with E-state index in [1.54, 1.807) is 86.7 Å². The summed E-state index contributed by atoms with van der Waals surface area (Å²) in [6.07, 6.45) is -18.5. The predicted molar refractivity (Wildman–Crippen MR) is 383 cm³/mol. The average molecular weight is 1550 g/mol. The summed E-state index contributed by atoms with van der Waals surface area (Å²) in [5.41, 5.74) is 1.04. The van der Waals surface area contributed by atoms with Crippen LogP contribution in [0.4, 0.5) is 16.2 Å². The highest BCUT2D eigenvalue weighted by molar-refractivity contribution is 7.99. The first-order valence-corrected chi connectivity index (χ1v) is 36.5. The van der Waals surface area contributed by atoms with Crippen LogP contribution in [-0.2, 0) is 86.2 Å². The summed E-state index contributed by atoms with van der Waals surface area (Å²) in [5.74, 6) is -8.49. The van der Waals surface area contributed by atoms with Gasteiger partial charge in [-0.2, -0.15) is 11.8 Å². The second-order valence-electron chi connectivity index (χ2n) is 28.0. The van der Waals surface area contributed by atoms with Crippen LogP contribution in [0.3, 0.4) is 0 Å². The van der Waals surface area contributed by atoms with Crippen LogP contribution in [0.5, 0.6) is 5.75 Å². The summed E-state index contributed by atoms with van der Waals surface area (Å²) in [7, 11) is 5.78. The maximum atomic E-state index is 14.5. The van der Waals surface area contributed by atoms with Gasteiger partial charge in [0.2, 0.25) is 29.5 Å². The van der Waals surface area contributed by atoms with E-state index in [0.29, 0.717) is 45.9 Å². The normalized spacial score (nSPS) is 30.8. The number of aliphatic hydroxyl groups excluding tert-OH is 7. The van der Waals surface area contributed by atoms with Crippen molar-refractivity contribution >= 4 is 82.3 Å². The first-order valence-electron chi connectivity index (χ1n) is 35.0. The topological polar surface area (TPSA) is 472 Å². The fourth-order valence-corrected chi connectivity index (χ4v) is 15.2. The molecule has 0 saturated carbocycles. The van der Waals surface area contributed by atoms with Gasteiger partial charge >= 0.3 is 18.0 Å². The van der Waals surface area contributed by atoms with Crippen molar-refractivity contribution < 1.29 is 122 Å². The van der Waals surface area contributed by atoms with Gasteiger partial charge in [0.05, 0.1) is 74.3 Å². The van der Waals surface area contributed by atoms with Crippen molar-refractivity contribution in [2.45, 2.75) is 195 Å². The van der Waals surface area contributed by atoms with Crippen LogP contribution in [-0.4, -0.2) is 275 Å². The summed E-state index contributed by atoms with van der Waals surface area (Å²) >= 11 is 7.99. The van der Waals surface area contributed by atoms with Gasteiger partial charge in [-0.15, -0.1) is 5.10 Å². The van der Waals surface area contributed by atoms with E-state index in [-0.39, 0.29) is 54.6 Å². The summed E-state index contributed by atoms with van der Waals surface area (Å²) < 4.78 is 47.5. The van der Waals surface area contributed by atoms with Crippen molar-refractivity contribution in [2.75, 3.05) is 62.8 Å². The van der Waals surface area contributed by atoms with Gasteiger partial charge in [0.15, 0.2) is 12.0 Å². The number of fused-ring (bicyclic) bond motifs is 10. The van der Waals surface area contributed by atoms with Gasteiger partial charge in [-0.1, -0.05) is 90.0 Å². The molecule has 108 heavy (non-hydrogen) atoms. The molecule has 0 aliphatic carbocycles.